The van der Waals surface area contributed by atoms with Crippen LogP contribution in [0.3, 0.4) is 0 Å². The van der Waals surface area contributed by atoms with Crippen LogP contribution in [0.15, 0.2) is 65.1 Å². The molecule has 0 N–H and O–H groups in total. The first-order valence-electron chi connectivity index (χ1n) is 9.19. The Hall–Kier alpha value is -2.69. The third kappa shape index (κ3) is 4.02. The number of rotatable bonds is 8. The van der Waals surface area contributed by atoms with E-state index in [1.807, 2.05) is 81.4 Å². The highest BCUT2D eigenvalue weighted by Gasteiger charge is 2.30. The van der Waals surface area contributed by atoms with E-state index in [1.165, 1.54) is 0 Å². The van der Waals surface area contributed by atoms with Crippen LogP contribution >= 0.6 is 0 Å². The molecule has 0 unspecified atom stereocenters. The molecule has 1 heterocycles. The minimum atomic E-state index is -0.942. The monoisotopic (exact) mass is 364 g/mol. The molecule has 0 radical (unpaired) electrons. The number of carbonyl (C=O) groups excluding carboxylic acids is 1. The summed E-state index contributed by atoms with van der Waals surface area (Å²) in [5.74, 6) is 1.01. The number of carbonyl (C=O) groups is 1. The van der Waals surface area contributed by atoms with Gasteiger partial charge in [-0.25, -0.2) is 0 Å². The van der Waals surface area contributed by atoms with Gasteiger partial charge in [0.15, 0.2) is 0 Å². The summed E-state index contributed by atoms with van der Waals surface area (Å²) >= 11 is 0. The van der Waals surface area contributed by atoms with E-state index in [0.29, 0.717) is 30.3 Å². The molecular formula is C23H24O4. The van der Waals surface area contributed by atoms with Crippen LogP contribution in [-0.4, -0.2) is 25.3 Å². The lowest BCUT2D eigenvalue weighted by Gasteiger charge is -2.16. The smallest absolute Gasteiger partial charge is 0.222 e. The van der Waals surface area contributed by atoms with Crippen LogP contribution in [-0.2, 0) is 9.47 Å². The Balaban J connectivity index is 2.16. The van der Waals surface area contributed by atoms with Crippen molar-refractivity contribution in [1.29, 1.82) is 0 Å². The molecule has 0 saturated heterocycles. The summed E-state index contributed by atoms with van der Waals surface area (Å²) in [5, 5.41) is 0. The van der Waals surface area contributed by atoms with Crippen molar-refractivity contribution in [3.05, 3.63) is 71.8 Å². The number of ketones is 1. The quantitative estimate of drug-likeness (QED) is 0.391. The van der Waals surface area contributed by atoms with Crippen LogP contribution in [0.25, 0.3) is 22.6 Å². The van der Waals surface area contributed by atoms with E-state index in [-0.39, 0.29) is 5.78 Å². The predicted octanol–water partition coefficient (Wildman–Crippen LogP) is 5.50. The molecule has 4 heteroatoms. The summed E-state index contributed by atoms with van der Waals surface area (Å²) in [6.07, 6.45) is -0.942. The fraction of sp³-hybridized carbons (Fsp3) is 0.261. The molecule has 0 saturated carbocycles. The summed E-state index contributed by atoms with van der Waals surface area (Å²) in [4.78, 5) is 13.3. The SMILES string of the molecule is CCOC(OCC)C(=O)c1c(-c2ccccc2)oc(-c2ccccc2)c1C. The Kier molecular flexibility index (Phi) is 6.22. The molecule has 0 spiro atoms. The van der Waals surface area contributed by atoms with E-state index in [4.69, 9.17) is 13.9 Å². The Bertz CT molecular complexity index is 876. The highest BCUT2D eigenvalue weighted by Crippen LogP contribution is 2.37. The second-order valence-electron chi connectivity index (χ2n) is 6.10. The third-order valence-electron chi connectivity index (χ3n) is 4.32. The number of Topliss-reactive ketones (excluding diaryl/α,β-unsaturated/α-hetero) is 1. The van der Waals surface area contributed by atoms with Crippen LogP contribution in [0.1, 0.15) is 29.8 Å². The molecule has 0 aliphatic heterocycles. The Morgan fingerprint density at radius 3 is 1.81 bits per heavy atom. The molecule has 140 valence electrons. The van der Waals surface area contributed by atoms with E-state index < -0.39 is 6.29 Å². The van der Waals surface area contributed by atoms with Gasteiger partial charge in [0, 0.05) is 29.9 Å². The molecular weight excluding hydrogens is 340 g/mol. The molecule has 27 heavy (non-hydrogen) atoms. The van der Waals surface area contributed by atoms with E-state index in [9.17, 15) is 4.79 Å². The number of benzene rings is 2. The molecule has 0 aliphatic rings. The van der Waals surface area contributed by atoms with Gasteiger partial charge >= 0.3 is 0 Å². The van der Waals surface area contributed by atoms with Gasteiger partial charge in [0.05, 0.1) is 5.56 Å². The largest absolute Gasteiger partial charge is 0.455 e. The lowest BCUT2D eigenvalue weighted by molar-refractivity contribution is -0.107. The van der Waals surface area contributed by atoms with E-state index >= 15 is 0 Å². The van der Waals surface area contributed by atoms with Crippen molar-refractivity contribution in [3.63, 3.8) is 0 Å². The number of ether oxygens (including phenoxy) is 2. The minimum Gasteiger partial charge on any atom is -0.455 e. The van der Waals surface area contributed by atoms with Gasteiger partial charge in [0.25, 0.3) is 0 Å². The molecule has 0 amide bonds. The summed E-state index contributed by atoms with van der Waals surface area (Å²) in [6, 6.07) is 19.4. The molecule has 1 aromatic heterocycles. The average Bonchev–Trinajstić information content (AvgIpc) is 3.06. The zero-order valence-electron chi connectivity index (χ0n) is 15.9. The molecule has 3 rings (SSSR count). The van der Waals surface area contributed by atoms with Gasteiger partial charge in [-0.15, -0.1) is 0 Å². The maximum absolute atomic E-state index is 13.3. The molecule has 0 atom stereocenters. The normalized spacial score (nSPS) is 11.1. The van der Waals surface area contributed by atoms with Gasteiger partial charge in [-0.3, -0.25) is 4.79 Å². The van der Waals surface area contributed by atoms with Crippen molar-refractivity contribution in [3.8, 4) is 22.6 Å². The molecule has 2 aromatic carbocycles. The van der Waals surface area contributed by atoms with Gasteiger partial charge in [0.1, 0.15) is 11.5 Å². The fourth-order valence-corrected chi connectivity index (χ4v) is 3.09. The first-order chi connectivity index (χ1) is 13.2. The van der Waals surface area contributed by atoms with Crippen LogP contribution in [0.5, 0.6) is 0 Å². The molecule has 0 aliphatic carbocycles. The summed E-state index contributed by atoms with van der Waals surface area (Å²) in [5.41, 5.74) is 3.06. The molecule has 4 nitrogen and oxygen atoms in total. The van der Waals surface area contributed by atoms with Crippen molar-refractivity contribution in [2.24, 2.45) is 0 Å². The average molecular weight is 364 g/mol. The summed E-state index contributed by atoms with van der Waals surface area (Å²) in [7, 11) is 0. The number of hydrogen-bond acceptors (Lipinski definition) is 4. The van der Waals surface area contributed by atoms with Crippen molar-refractivity contribution in [2.75, 3.05) is 13.2 Å². The maximum Gasteiger partial charge on any atom is 0.222 e. The van der Waals surface area contributed by atoms with Gasteiger partial charge in [0.2, 0.25) is 12.1 Å². The van der Waals surface area contributed by atoms with Crippen molar-refractivity contribution < 1.29 is 18.7 Å². The van der Waals surface area contributed by atoms with Crippen LogP contribution in [0.4, 0.5) is 0 Å². The molecule has 0 fully saturated rings. The van der Waals surface area contributed by atoms with Gasteiger partial charge in [-0.1, -0.05) is 60.7 Å². The number of furan rings is 1. The van der Waals surface area contributed by atoms with E-state index in [0.717, 1.165) is 16.7 Å². The topological polar surface area (TPSA) is 48.7 Å². The van der Waals surface area contributed by atoms with Crippen LogP contribution in [0.2, 0.25) is 0 Å². The minimum absolute atomic E-state index is 0.221. The Labute approximate surface area is 159 Å². The van der Waals surface area contributed by atoms with Gasteiger partial charge in [-0.05, 0) is 20.8 Å². The predicted molar refractivity (Wildman–Crippen MR) is 106 cm³/mol. The van der Waals surface area contributed by atoms with Crippen LogP contribution in [0, 0.1) is 6.92 Å². The second-order valence-corrected chi connectivity index (χ2v) is 6.10. The lowest BCUT2D eigenvalue weighted by atomic mass is 9.99. The first kappa shape index (κ1) is 19.1. The standard InChI is InChI=1S/C23H24O4/c1-4-25-23(26-5-2)20(24)19-16(3)21(17-12-8-6-9-13-17)27-22(19)18-14-10-7-11-15-18/h6-15,23H,4-5H2,1-3H3. The molecule has 3 aromatic rings. The first-order valence-corrected chi connectivity index (χ1v) is 9.19. The summed E-state index contributed by atoms with van der Waals surface area (Å²) < 4.78 is 17.3. The molecule has 0 bridgehead atoms. The van der Waals surface area contributed by atoms with E-state index in [2.05, 4.69) is 0 Å². The maximum atomic E-state index is 13.3. The number of hydrogen-bond donors (Lipinski definition) is 0. The third-order valence-corrected chi connectivity index (χ3v) is 4.32. The van der Waals surface area contributed by atoms with Crippen LogP contribution < -0.4 is 0 Å². The fourth-order valence-electron chi connectivity index (χ4n) is 3.09. The van der Waals surface area contributed by atoms with Crippen molar-refractivity contribution >= 4 is 5.78 Å². The highest BCUT2D eigenvalue weighted by molar-refractivity contribution is 6.06. The zero-order valence-corrected chi connectivity index (χ0v) is 15.9. The highest BCUT2D eigenvalue weighted by atomic mass is 16.7. The zero-order chi connectivity index (χ0) is 19.2. The Morgan fingerprint density at radius 2 is 1.33 bits per heavy atom. The van der Waals surface area contributed by atoms with Crippen molar-refractivity contribution in [2.45, 2.75) is 27.1 Å². The van der Waals surface area contributed by atoms with Gasteiger partial charge < -0.3 is 13.9 Å². The lowest BCUT2D eigenvalue weighted by Crippen LogP contribution is -2.28. The van der Waals surface area contributed by atoms with Crippen molar-refractivity contribution in [1.82, 2.24) is 0 Å². The summed E-state index contributed by atoms with van der Waals surface area (Å²) in [6.45, 7) is 6.36. The Morgan fingerprint density at radius 1 is 0.852 bits per heavy atom. The van der Waals surface area contributed by atoms with E-state index in [1.54, 1.807) is 0 Å². The van der Waals surface area contributed by atoms with Gasteiger partial charge in [-0.2, -0.15) is 0 Å². The second kappa shape index (κ2) is 8.80.